The van der Waals surface area contributed by atoms with Crippen molar-refractivity contribution in [2.45, 2.75) is 0 Å². The number of aromatic nitrogens is 3. The topological polar surface area (TPSA) is 62.7 Å². The van der Waals surface area contributed by atoms with Gasteiger partial charge in [0.2, 0.25) is 5.95 Å². The number of pyridine rings is 1. The van der Waals surface area contributed by atoms with Crippen LogP contribution in [0.1, 0.15) is 0 Å². The van der Waals surface area contributed by atoms with E-state index in [2.05, 4.69) is 25.6 Å². The second kappa shape index (κ2) is 5.08. The largest absolute Gasteiger partial charge is 0.357 e. The Labute approximate surface area is 114 Å². The molecule has 2 heterocycles. The SMILES string of the molecule is CNc1ncc(F)c(Nc2cccc3ccncc23)n1. The van der Waals surface area contributed by atoms with E-state index in [-0.39, 0.29) is 5.82 Å². The molecule has 0 saturated carbocycles. The van der Waals surface area contributed by atoms with Crippen LogP contribution in [0, 0.1) is 5.82 Å². The smallest absolute Gasteiger partial charge is 0.224 e. The lowest BCUT2D eigenvalue weighted by atomic mass is 10.1. The van der Waals surface area contributed by atoms with Crippen molar-refractivity contribution in [2.24, 2.45) is 0 Å². The van der Waals surface area contributed by atoms with Crippen LogP contribution < -0.4 is 10.6 Å². The van der Waals surface area contributed by atoms with Crippen LogP contribution >= 0.6 is 0 Å². The molecule has 100 valence electrons. The Morgan fingerprint density at radius 2 is 2.05 bits per heavy atom. The van der Waals surface area contributed by atoms with Crippen LogP contribution in [0.15, 0.2) is 42.9 Å². The highest BCUT2D eigenvalue weighted by atomic mass is 19.1. The van der Waals surface area contributed by atoms with Crippen molar-refractivity contribution in [3.05, 3.63) is 48.7 Å². The van der Waals surface area contributed by atoms with Crippen LogP contribution in [-0.2, 0) is 0 Å². The molecule has 0 aliphatic carbocycles. The molecule has 0 atom stereocenters. The van der Waals surface area contributed by atoms with E-state index in [1.165, 1.54) is 0 Å². The van der Waals surface area contributed by atoms with Crippen molar-refractivity contribution in [3.63, 3.8) is 0 Å². The molecule has 5 nitrogen and oxygen atoms in total. The second-order valence-corrected chi connectivity index (χ2v) is 4.17. The molecule has 0 radical (unpaired) electrons. The quantitative estimate of drug-likeness (QED) is 0.765. The summed E-state index contributed by atoms with van der Waals surface area (Å²) in [6.07, 6.45) is 4.58. The first-order valence-corrected chi connectivity index (χ1v) is 6.08. The highest BCUT2D eigenvalue weighted by molar-refractivity contribution is 5.94. The number of hydrogen-bond acceptors (Lipinski definition) is 5. The summed E-state index contributed by atoms with van der Waals surface area (Å²) in [6, 6.07) is 7.61. The number of nitrogens with one attached hydrogen (secondary N) is 2. The molecular weight excluding hydrogens is 257 g/mol. The molecule has 20 heavy (non-hydrogen) atoms. The third-order valence-corrected chi connectivity index (χ3v) is 2.90. The predicted octanol–water partition coefficient (Wildman–Crippen LogP) is 2.95. The van der Waals surface area contributed by atoms with E-state index in [4.69, 9.17) is 0 Å². The number of halogens is 1. The van der Waals surface area contributed by atoms with E-state index < -0.39 is 5.82 Å². The fourth-order valence-electron chi connectivity index (χ4n) is 1.93. The lowest BCUT2D eigenvalue weighted by molar-refractivity contribution is 0.619. The van der Waals surface area contributed by atoms with E-state index in [0.717, 1.165) is 22.7 Å². The van der Waals surface area contributed by atoms with Gasteiger partial charge in [0.25, 0.3) is 0 Å². The van der Waals surface area contributed by atoms with Gasteiger partial charge in [-0.2, -0.15) is 4.98 Å². The van der Waals surface area contributed by atoms with E-state index in [0.29, 0.717) is 5.95 Å². The minimum Gasteiger partial charge on any atom is -0.357 e. The number of hydrogen-bond donors (Lipinski definition) is 2. The van der Waals surface area contributed by atoms with Crippen LogP contribution in [0.3, 0.4) is 0 Å². The highest BCUT2D eigenvalue weighted by Crippen LogP contribution is 2.26. The fraction of sp³-hybridized carbons (Fsp3) is 0.0714. The number of rotatable bonds is 3. The first kappa shape index (κ1) is 12.3. The molecule has 0 aliphatic rings. The lowest BCUT2D eigenvalue weighted by Crippen LogP contribution is -2.03. The summed E-state index contributed by atoms with van der Waals surface area (Å²) in [4.78, 5) is 12.0. The van der Waals surface area contributed by atoms with Gasteiger partial charge in [0.05, 0.1) is 6.20 Å². The van der Waals surface area contributed by atoms with Gasteiger partial charge in [0.1, 0.15) is 0 Å². The van der Waals surface area contributed by atoms with Gasteiger partial charge in [-0.05, 0) is 17.5 Å². The molecule has 0 spiro atoms. The Kier molecular flexibility index (Phi) is 3.12. The zero-order chi connectivity index (χ0) is 13.9. The van der Waals surface area contributed by atoms with E-state index in [1.54, 1.807) is 19.4 Å². The molecule has 0 saturated heterocycles. The Bertz CT molecular complexity index is 754. The maximum Gasteiger partial charge on any atom is 0.224 e. The molecule has 2 aromatic heterocycles. The van der Waals surface area contributed by atoms with Crippen LogP contribution in [0.4, 0.5) is 21.8 Å². The van der Waals surface area contributed by atoms with Gasteiger partial charge in [-0.1, -0.05) is 12.1 Å². The summed E-state index contributed by atoms with van der Waals surface area (Å²) < 4.78 is 13.8. The minimum atomic E-state index is -0.509. The van der Waals surface area contributed by atoms with E-state index >= 15 is 0 Å². The molecule has 0 amide bonds. The normalized spacial score (nSPS) is 10.5. The molecule has 0 fully saturated rings. The Morgan fingerprint density at radius 3 is 2.90 bits per heavy atom. The van der Waals surface area contributed by atoms with Crippen molar-refractivity contribution < 1.29 is 4.39 Å². The molecular formula is C14H12FN5. The fourth-order valence-corrected chi connectivity index (χ4v) is 1.93. The van der Waals surface area contributed by atoms with Gasteiger partial charge in [-0.3, -0.25) is 4.98 Å². The molecule has 0 aliphatic heterocycles. The number of fused-ring (bicyclic) bond motifs is 1. The average Bonchev–Trinajstić information content (AvgIpc) is 2.50. The third-order valence-electron chi connectivity index (χ3n) is 2.90. The van der Waals surface area contributed by atoms with Crippen molar-refractivity contribution in [1.29, 1.82) is 0 Å². The van der Waals surface area contributed by atoms with Crippen LogP contribution in [0.2, 0.25) is 0 Å². The predicted molar refractivity (Wildman–Crippen MR) is 76.6 cm³/mol. The molecule has 6 heteroatoms. The number of nitrogens with zero attached hydrogens (tertiary/aromatic N) is 3. The monoisotopic (exact) mass is 269 g/mol. The molecule has 1 aromatic carbocycles. The maximum absolute atomic E-state index is 13.8. The van der Waals surface area contributed by atoms with Crippen molar-refractivity contribution >= 4 is 28.2 Å². The molecule has 0 bridgehead atoms. The van der Waals surface area contributed by atoms with Gasteiger partial charge in [0.15, 0.2) is 11.6 Å². The first-order valence-electron chi connectivity index (χ1n) is 6.08. The summed E-state index contributed by atoms with van der Waals surface area (Å²) in [7, 11) is 1.68. The van der Waals surface area contributed by atoms with Gasteiger partial charge >= 0.3 is 0 Å². The van der Waals surface area contributed by atoms with Gasteiger partial charge in [0, 0.05) is 30.5 Å². The Hall–Kier alpha value is -2.76. The lowest BCUT2D eigenvalue weighted by Gasteiger charge is -2.10. The van der Waals surface area contributed by atoms with Crippen LogP contribution in [0.25, 0.3) is 10.8 Å². The van der Waals surface area contributed by atoms with Crippen molar-refractivity contribution in [1.82, 2.24) is 15.0 Å². The molecule has 0 unspecified atom stereocenters. The van der Waals surface area contributed by atoms with Crippen molar-refractivity contribution in [2.75, 3.05) is 17.7 Å². The molecule has 3 rings (SSSR count). The van der Waals surface area contributed by atoms with Gasteiger partial charge in [-0.15, -0.1) is 0 Å². The molecule has 3 aromatic rings. The summed E-state index contributed by atoms with van der Waals surface area (Å²) in [5.74, 6) is -0.0298. The zero-order valence-corrected chi connectivity index (χ0v) is 10.8. The van der Waals surface area contributed by atoms with Crippen molar-refractivity contribution in [3.8, 4) is 0 Å². The average molecular weight is 269 g/mol. The van der Waals surface area contributed by atoms with Crippen LogP contribution in [0.5, 0.6) is 0 Å². The van der Waals surface area contributed by atoms with E-state index in [9.17, 15) is 4.39 Å². The second-order valence-electron chi connectivity index (χ2n) is 4.17. The Morgan fingerprint density at radius 1 is 1.15 bits per heavy atom. The summed E-state index contributed by atoms with van der Waals surface area (Å²) in [5.41, 5.74) is 0.746. The Balaban J connectivity index is 2.05. The summed E-state index contributed by atoms with van der Waals surface area (Å²) >= 11 is 0. The standard InChI is InChI=1S/C14H12FN5/c1-16-14-18-8-11(15)13(20-14)19-12-4-2-3-9-5-6-17-7-10(9)12/h2-8H,1H3,(H2,16,18,19,20). The third kappa shape index (κ3) is 2.23. The number of benzene rings is 1. The summed E-state index contributed by atoms with van der Waals surface area (Å²) in [6.45, 7) is 0. The minimum absolute atomic E-state index is 0.126. The van der Waals surface area contributed by atoms with Gasteiger partial charge < -0.3 is 10.6 Å². The maximum atomic E-state index is 13.8. The number of anilines is 3. The zero-order valence-electron chi connectivity index (χ0n) is 10.8. The van der Waals surface area contributed by atoms with E-state index in [1.807, 2.05) is 24.3 Å². The molecule has 2 N–H and O–H groups in total. The first-order chi connectivity index (χ1) is 9.78. The summed E-state index contributed by atoms with van der Waals surface area (Å²) in [5, 5.41) is 7.68. The van der Waals surface area contributed by atoms with Gasteiger partial charge in [-0.25, -0.2) is 9.37 Å². The van der Waals surface area contributed by atoms with Crippen LogP contribution in [-0.4, -0.2) is 22.0 Å². The highest BCUT2D eigenvalue weighted by Gasteiger charge is 2.08.